The van der Waals surface area contributed by atoms with Crippen molar-refractivity contribution in [2.75, 3.05) is 5.32 Å². The zero-order valence-corrected chi connectivity index (χ0v) is 16.0. The SMILES string of the molecule is CC(C)(C)c1cc(NC(=O)c2cc(-c3ccco3)[nH]n2)n(C(C)(C)C)n1. The van der Waals surface area contributed by atoms with Crippen molar-refractivity contribution in [2.45, 2.75) is 52.5 Å². The average Bonchev–Trinajstić information content (AvgIpc) is 3.25. The topological polar surface area (TPSA) is 88.7 Å². The fourth-order valence-electron chi connectivity index (χ4n) is 2.52. The maximum Gasteiger partial charge on any atom is 0.277 e. The van der Waals surface area contributed by atoms with Crippen molar-refractivity contribution in [3.63, 3.8) is 0 Å². The third kappa shape index (κ3) is 3.56. The van der Waals surface area contributed by atoms with Gasteiger partial charge in [-0.15, -0.1) is 0 Å². The lowest BCUT2D eigenvalue weighted by molar-refractivity contribution is 0.102. The molecule has 2 N–H and O–H groups in total. The Morgan fingerprint density at radius 3 is 2.50 bits per heavy atom. The van der Waals surface area contributed by atoms with Gasteiger partial charge in [0.2, 0.25) is 0 Å². The minimum Gasteiger partial charge on any atom is -0.463 e. The van der Waals surface area contributed by atoms with E-state index in [1.807, 2.05) is 31.5 Å². The zero-order valence-electron chi connectivity index (χ0n) is 16.0. The first-order valence-corrected chi connectivity index (χ1v) is 8.57. The molecule has 0 bridgehead atoms. The van der Waals surface area contributed by atoms with Crippen LogP contribution in [0.4, 0.5) is 5.82 Å². The molecule has 0 aliphatic carbocycles. The molecule has 0 aromatic carbocycles. The van der Waals surface area contributed by atoms with E-state index < -0.39 is 0 Å². The average molecular weight is 355 g/mol. The molecule has 26 heavy (non-hydrogen) atoms. The molecule has 0 saturated carbocycles. The molecule has 0 unspecified atom stereocenters. The van der Waals surface area contributed by atoms with Crippen molar-refractivity contribution in [3.8, 4) is 11.5 Å². The van der Waals surface area contributed by atoms with Gasteiger partial charge in [-0.2, -0.15) is 10.2 Å². The lowest BCUT2D eigenvalue weighted by Gasteiger charge is -2.22. The molecule has 0 aliphatic heterocycles. The van der Waals surface area contributed by atoms with Gasteiger partial charge in [-0.3, -0.25) is 9.89 Å². The Bertz CT molecular complexity index is 905. The summed E-state index contributed by atoms with van der Waals surface area (Å²) in [6, 6.07) is 7.17. The Hall–Kier alpha value is -2.83. The van der Waals surface area contributed by atoms with Crippen molar-refractivity contribution < 1.29 is 9.21 Å². The lowest BCUT2D eigenvalue weighted by Crippen LogP contribution is -2.27. The molecule has 0 radical (unpaired) electrons. The van der Waals surface area contributed by atoms with Crippen LogP contribution < -0.4 is 5.32 Å². The predicted molar refractivity (Wildman–Crippen MR) is 100 cm³/mol. The normalized spacial score (nSPS) is 12.4. The number of anilines is 1. The number of carbonyl (C=O) groups excluding carboxylic acids is 1. The second-order valence-electron chi connectivity index (χ2n) is 8.35. The van der Waals surface area contributed by atoms with Crippen LogP contribution in [-0.2, 0) is 11.0 Å². The largest absolute Gasteiger partial charge is 0.463 e. The van der Waals surface area contributed by atoms with E-state index in [1.54, 1.807) is 24.5 Å². The molecule has 0 atom stereocenters. The highest BCUT2D eigenvalue weighted by molar-refractivity contribution is 6.03. The van der Waals surface area contributed by atoms with E-state index in [1.165, 1.54) is 0 Å². The van der Waals surface area contributed by atoms with Gasteiger partial charge in [0.1, 0.15) is 11.5 Å². The number of nitrogens with one attached hydrogen (secondary N) is 2. The van der Waals surface area contributed by atoms with Crippen molar-refractivity contribution in [1.82, 2.24) is 20.0 Å². The maximum absolute atomic E-state index is 12.7. The Morgan fingerprint density at radius 1 is 1.19 bits per heavy atom. The van der Waals surface area contributed by atoms with Crippen LogP contribution in [0, 0.1) is 0 Å². The third-order valence-corrected chi connectivity index (χ3v) is 3.95. The van der Waals surface area contributed by atoms with Crippen LogP contribution in [0.2, 0.25) is 0 Å². The quantitative estimate of drug-likeness (QED) is 0.738. The van der Waals surface area contributed by atoms with Crippen LogP contribution in [-0.4, -0.2) is 25.9 Å². The number of rotatable bonds is 3. The fourth-order valence-corrected chi connectivity index (χ4v) is 2.52. The number of H-pyrrole nitrogens is 1. The molecule has 0 spiro atoms. The van der Waals surface area contributed by atoms with Gasteiger partial charge in [0.15, 0.2) is 11.5 Å². The first kappa shape index (κ1) is 18.0. The number of furan rings is 1. The third-order valence-electron chi connectivity index (χ3n) is 3.95. The molecule has 3 aromatic rings. The highest BCUT2D eigenvalue weighted by Crippen LogP contribution is 2.28. The molecular weight excluding hydrogens is 330 g/mol. The van der Waals surface area contributed by atoms with E-state index >= 15 is 0 Å². The molecule has 1 amide bonds. The Morgan fingerprint density at radius 2 is 1.92 bits per heavy atom. The summed E-state index contributed by atoms with van der Waals surface area (Å²) < 4.78 is 7.16. The van der Waals surface area contributed by atoms with Crippen molar-refractivity contribution >= 4 is 11.7 Å². The van der Waals surface area contributed by atoms with Crippen LogP contribution in [0.5, 0.6) is 0 Å². The van der Waals surface area contributed by atoms with E-state index in [2.05, 4.69) is 36.3 Å². The smallest absolute Gasteiger partial charge is 0.277 e. The minimum absolute atomic E-state index is 0.116. The highest BCUT2D eigenvalue weighted by atomic mass is 16.3. The molecule has 138 valence electrons. The maximum atomic E-state index is 12.7. The second-order valence-corrected chi connectivity index (χ2v) is 8.35. The van der Waals surface area contributed by atoms with Crippen LogP contribution in [0.15, 0.2) is 34.9 Å². The molecule has 7 heteroatoms. The molecule has 3 rings (SSSR count). The van der Waals surface area contributed by atoms with Crippen LogP contribution >= 0.6 is 0 Å². The van der Waals surface area contributed by atoms with Gasteiger partial charge in [0.25, 0.3) is 5.91 Å². The first-order chi connectivity index (χ1) is 12.1. The monoisotopic (exact) mass is 355 g/mol. The van der Waals surface area contributed by atoms with Crippen molar-refractivity contribution in [1.29, 1.82) is 0 Å². The number of amides is 1. The molecule has 0 fully saturated rings. The van der Waals surface area contributed by atoms with Gasteiger partial charge < -0.3 is 9.73 Å². The van der Waals surface area contributed by atoms with Crippen molar-refractivity contribution in [2.24, 2.45) is 0 Å². The van der Waals surface area contributed by atoms with Crippen LogP contribution in [0.1, 0.15) is 57.7 Å². The zero-order chi connectivity index (χ0) is 19.1. The molecule has 0 aliphatic rings. The second kappa shape index (κ2) is 6.16. The highest BCUT2D eigenvalue weighted by Gasteiger charge is 2.26. The Kier molecular flexibility index (Phi) is 4.26. The van der Waals surface area contributed by atoms with Crippen LogP contribution in [0.3, 0.4) is 0 Å². The van der Waals surface area contributed by atoms with E-state index in [0.29, 0.717) is 17.3 Å². The summed E-state index contributed by atoms with van der Waals surface area (Å²) in [4.78, 5) is 12.7. The van der Waals surface area contributed by atoms with Gasteiger partial charge in [-0.25, -0.2) is 4.68 Å². The molecule has 0 saturated heterocycles. The van der Waals surface area contributed by atoms with Gasteiger partial charge in [0, 0.05) is 17.5 Å². The first-order valence-electron chi connectivity index (χ1n) is 8.57. The van der Waals surface area contributed by atoms with Gasteiger partial charge in [-0.1, -0.05) is 20.8 Å². The fraction of sp³-hybridized carbons (Fsp3) is 0.421. The van der Waals surface area contributed by atoms with Gasteiger partial charge in [0.05, 0.1) is 17.5 Å². The summed E-state index contributed by atoms with van der Waals surface area (Å²) in [5.41, 5.74) is 1.47. The lowest BCUT2D eigenvalue weighted by atomic mass is 9.92. The Balaban J connectivity index is 1.88. The number of hydrogen-bond donors (Lipinski definition) is 2. The van der Waals surface area contributed by atoms with E-state index in [9.17, 15) is 4.79 Å². The number of carbonyl (C=O) groups is 1. The van der Waals surface area contributed by atoms with Crippen molar-refractivity contribution in [3.05, 3.63) is 41.9 Å². The number of hydrogen-bond acceptors (Lipinski definition) is 4. The summed E-state index contributed by atoms with van der Waals surface area (Å²) in [5.74, 6) is 0.978. The number of nitrogens with zero attached hydrogens (tertiary/aromatic N) is 3. The summed E-state index contributed by atoms with van der Waals surface area (Å²) in [5, 5.41) is 14.5. The van der Waals surface area contributed by atoms with Crippen LogP contribution in [0.25, 0.3) is 11.5 Å². The number of aromatic amines is 1. The molecular formula is C19H25N5O2. The molecule has 7 nitrogen and oxygen atoms in total. The summed E-state index contributed by atoms with van der Waals surface area (Å²) >= 11 is 0. The number of aromatic nitrogens is 4. The Labute approximate surface area is 152 Å². The summed E-state index contributed by atoms with van der Waals surface area (Å²) in [6.45, 7) is 12.4. The summed E-state index contributed by atoms with van der Waals surface area (Å²) in [7, 11) is 0. The van der Waals surface area contributed by atoms with E-state index in [0.717, 1.165) is 5.69 Å². The van der Waals surface area contributed by atoms with Gasteiger partial charge >= 0.3 is 0 Å². The predicted octanol–water partition coefficient (Wildman–Crippen LogP) is 4.17. The summed E-state index contributed by atoms with van der Waals surface area (Å²) in [6.07, 6.45) is 1.58. The van der Waals surface area contributed by atoms with E-state index in [4.69, 9.17) is 9.52 Å². The molecule has 3 heterocycles. The minimum atomic E-state index is -0.301. The van der Waals surface area contributed by atoms with E-state index in [-0.39, 0.29) is 22.6 Å². The van der Waals surface area contributed by atoms with Gasteiger partial charge in [-0.05, 0) is 32.9 Å². The standard InChI is InChI=1S/C19H25N5O2/c1-18(2,3)15-11-16(24(23-15)19(4,5)6)20-17(25)13-10-12(21-22-13)14-8-7-9-26-14/h7-11H,1-6H3,(H,20,25)(H,21,22). The molecule has 3 aromatic heterocycles.